The maximum Gasteiger partial charge on any atom is 0.313 e. The van der Waals surface area contributed by atoms with Crippen molar-refractivity contribution in [3.05, 3.63) is 70.9 Å². The van der Waals surface area contributed by atoms with Crippen LogP contribution in [0, 0.1) is 28.1 Å². The predicted molar refractivity (Wildman–Crippen MR) is 151 cm³/mol. The summed E-state index contributed by atoms with van der Waals surface area (Å²) in [5.74, 6) is -1.01. The molecule has 0 saturated heterocycles. The van der Waals surface area contributed by atoms with Crippen molar-refractivity contribution in [2.75, 3.05) is 0 Å². The molecule has 0 radical (unpaired) electrons. The van der Waals surface area contributed by atoms with E-state index in [0.717, 1.165) is 25.7 Å². The number of aliphatic carboxylic acids is 1. The zero-order valence-electron chi connectivity index (χ0n) is 24.1. The van der Waals surface area contributed by atoms with Gasteiger partial charge in [-0.05, 0) is 101 Å². The summed E-state index contributed by atoms with van der Waals surface area (Å²) in [6.07, 6.45) is 16.2. The van der Waals surface area contributed by atoms with Crippen molar-refractivity contribution >= 4 is 11.9 Å². The highest BCUT2D eigenvalue weighted by molar-refractivity contribution is 5.77. The lowest BCUT2D eigenvalue weighted by molar-refractivity contribution is -0.204. The number of carboxylic acids is 1. The van der Waals surface area contributed by atoms with Gasteiger partial charge in [-0.3, -0.25) is 9.59 Å². The Bertz CT molecular complexity index is 1110. The number of carbonyl (C=O) groups is 2. The Kier molecular flexibility index (Phi) is 8.32. The lowest BCUT2D eigenvalue weighted by Crippen LogP contribution is -2.61. The molecule has 3 aliphatic rings. The molecule has 1 N–H and O–H groups in total. The number of fused-ring (bicyclic) bond motifs is 3. The van der Waals surface area contributed by atoms with Crippen molar-refractivity contribution < 1.29 is 19.4 Å². The Balaban J connectivity index is 1.94. The van der Waals surface area contributed by atoms with E-state index in [1.807, 2.05) is 6.92 Å². The van der Waals surface area contributed by atoms with Crippen molar-refractivity contribution in [2.45, 2.75) is 93.6 Å². The van der Waals surface area contributed by atoms with Gasteiger partial charge >= 0.3 is 11.9 Å². The molecule has 3 fully saturated rings. The van der Waals surface area contributed by atoms with Crippen LogP contribution in [0.15, 0.2) is 70.9 Å². The monoisotopic (exact) mass is 506 g/mol. The van der Waals surface area contributed by atoms with Crippen LogP contribution >= 0.6 is 0 Å². The number of hydrogen-bond acceptors (Lipinski definition) is 3. The molecule has 0 aromatic heterocycles. The molecule has 0 bridgehead atoms. The van der Waals surface area contributed by atoms with Gasteiger partial charge in [0.25, 0.3) is 0 Å². The molecule has 0 amide bonds. The zero-order chi connectivity index (χ0) is 27.8. The highest BCUT2D eigenvalue weighted by Crippen LogP contribution is 2.71. The van der Waals surface area contributed by atoms with Crippen LogP contribution in [0.2, 0.25) is 0 Å². The third kappa shape index (κ3) is 5.22. The van der Waals surface area contributed by atoms with E-state index < -0.39 is 23.5 Å². The van der Waals surface area contributed by atoms with E-state index in [4.69, 9.17) is 4.74 Å². The molecule has 4 heteroatoms. The molecular weight excluding hydrogens is 460 g/mol. The number of allylic oxidation sites excluding steroid dienone is 11. The quantitative estimate of drug-likeness (QED) is 0.292. The van der Waals surface area contributed by atoms with Crippen molar-refractivity contribution in [1.29, 1.82) is 0 Å². The Hall–Kier alpha value is -2.62. The van der Waals surface area contributed by atoms with Gasteiger partial charge in [-0.1, -0.05) is 73.6 Å². The van der Waals surface area contributed by atoms with Crippen molar-refractivity contribution in [2.24, 2.45) is 28.1 Å². The molecule has 5 unspecified atom stereocenters. The zero-order valence-corrected chi connectivity index (χ0v) is 24.1. The molecule has 0 aromatic rings. The summed E-state index contributed by atoms with van der Waals surface area (Å²) in [6.45, 7) is 20.8. The summed E-state index contributed by atoms with van der Waals surface area (Å²) in [4.78, 5) is 24.5. The lowest BCUT2D eigenvalue weighted by atomic mass is 9.42. The van der Waals surface area contributed by atoms with Gasteiger partial charge in [-0.2, -0.15) is 0 Å². The molecule has 0 spiro atoms. The third-order valence-corrected chi connectivity index (χ3v) is 9.68. The van der Waals surface area contributed by atoms with Crippen LogP contribution in [0.1, 0.15) is 87.5 Å². The molecule has 6 atom stereocenters. The minimum atomic E-state index is -1.09. The SMILES string of the molecule is C=C1CC2C(C)(CCC3C2(C)CC[C@H](OC(C)=O)C3(C)C(=O)O)/C1=C(C)/C=C/C=C(C)/C=C/C=C(C)C. The van der Waals surface area contributed by atoms with Gasteiger partial charge < -0.3 is 9.84 Å². The van der Waals surface area contributed by atoms with E-state index in [0.29, 0.717) is 12.3 Å². The number of hydrogen-bond donors (Lipinski definition) is 1. The number of carboxylic acid groups (broad SMARTS) is 1. The van der Waals surface area contributed by atoms with E-state index >= 15 is 0 Å². The summed E-state index contributed by atoms with van der Waals surface area (Å²) < 4.78 is 5.61. The lowest BCUT2D eigenvalue weighted by Gasteiger charge is -2.61. The number of esters is 1. The first-order valence-electron chi connectivity index (χ1n) is 13.6. The molecule has 4 nitrogen and oxygen atoms in total. The fourth-order valence-corrected chi connectivity index (χ4v) is 8.00. The van der Waals surface area contributed by atoms with E-state index in [-0.39, 0.29) is 16.7 Å². The predicted octanol–water partition coefficient (Wildman–Crippen LogP) is 8.14. The Morgan fingerprint density at radius 2 is 1.59 bits per heavy atom. The summed E-state index contributed by atoms with van der Waals surface area (Å²) in [5, 5.41) is 10.4. The van der Waals surface area contributed by atoms with Crippen molar-refractivity contribution in [3.8, 4) is 0 Å². The first-order valence-corrected chi connectivity index (χ1v) is 13.6. The molecule has 202 valence electrons. The van der Waals surface area contributed by atoms with Crippen LogP contribution in [0.5, 0.6) is 0 Å². The third-order valence-electron chi connectivity index (χ3n) is 9.68. The average Bonchev–Trinajstić information content (AvgIpc) is 3.06. The second kappa shape index (κ2) is 10.6. The van der Waals surface area contributed by atoms with Crippen LogP contribution in [0.25, 0.3) is 0 Å². The molecule has 0 aliphatic heterocycles. The Morgan fingerprint density at radius 1 is 0.946 bits per heavy atom. The smallest absolute Gasteiger partial charge is 0.313 e. The van der Waals surface area contributed by atoms with Crippen molar-refractivity contribution in [3.63, 3.8) is 0 Å². The summed E-state index contributed by atoms with van der Waals surface area (Å²) >= 11 is 0. The van der Waals surface area contributed by atoms with Crippen LogP contribution in [-0.2, 0) is 14.3 Å². The molecule has 3 saturated carbocycles. The summed E-state index contributed by atoms with van der Waals surface area (Å²) in [6, 6.07) is 0. The highest BCUT2D eigenvalue weighted by atomic mass is 16.5. The second-order valence-electron chi connectivity index (χ2n) is 12.5. The van der Waals surface area contributed by atoms with E-state index in [2.05, 4.69) is 84.6 Å². The fraction of sp³-hybridized carbons (Fsp3) is 0.576. The summed E-state index contributed by atoms with van der Waals surface area (Å²) in [5.41, 5.74) is 4.91. The maximum absolute atomic E-state index is 12.7. The fourth-order valence-electron chi connectivity index (χ4n) is 8.00. The van der Waals surface area contributed by atoms with Crippen molar-refractivity contribution in [1.82, 2.24) is 0 Å². The standard InChI is InChI=1S/C33H46O4/c1-21(2)12-10-13-22(3)14-11-15-23(4)29-24(5)20-27-31(7)19-17-28(37-25(6)34)33(9,30(35)36)26(31)16-18-32(27,29)8/h10-15,26-28H,5,16-20H2,1-4,6-9H3,(H,35,36)/b13-10+,15-11+,22-14+,29-23+/t26?,27?,28-,31?,32?,33?/m0/s1. The van der Waals surface area contributed by atoms with E-state index in [1.54, 1.807) is 0 Å². The maximum atomic E-state index is 12.7. The molecule has 0 heterocycles. The topological polar surface area (TPSA) is 63.6 Å². The first kappa shape index (κ1) is 28.9. The number of ether oxygens (including phenoxy) is 1. The van der Waals surface area contributed by atoms with Gasteiger partial charge in [-0.25, -0.2) is 0 Å². The highest BCUT2D eigenvalue weighted by Gasteiger charge is 2.67. The summed E-state index contributed by atoms with van der Waals surface area (Å²) in [7, 11) is 0. The minimum Gasteiger partial charge on any atom is -0.481 e. The molecular formula is C33H46O4. The average molecular weight is 507 g/mol. The van der Waals surface area contributed by atoms with Crippen LogP contribution in [-0.4, -0.2) is 23.1 Å². The Labute approximate surface area is 223 Å². The minimum absolute atomic E-state index is 0.0491. The van der Waals surface area contributed by atoms with Gasteiger partial charge in [0.05, 0.1) is 0 Å². The van der Waals surface area contributed by atoms with Gasteiger partial charge in [0.2, 0.25) is 0 Å². The van der Waals surface area contributed by atoms with Crippen LogP contribution < -0.4 is 0 Å². The van der Waals surface area contributed by atoms with E-state index in [1.165, 1.54) is 34.8 Å². The van der Waals surface area contributed by atoms with Gasteiger partial charge in [-0.15, -0.1) is 0 Å². The molecule has 3 aliphatic carbocycles. The molecule has 37 heavy (non-hydrogen) atoms. The van der Waals surface area contributed by atoms with Gasteiger partial charge in [0.1, 0.15) is 11.5 Å². The van der Waals surface area contributed by atoms with Crippen LogP contribution in [0.4, 0.5) is 0 Å². The van der Waals surface area contributed by atoms with Gasteiger partial charge in [0, 0.05) is 6.92 Å². The number of carbonyl (C=O) groups excluding carboxylic acids is 1. The molecule has 0 aromatic carbocycles. The number of rotatable bonds is 6. The Morgan fingerprint density at radius 3 is 2.19 bits per heavy atom. The van der Waals surface area contributed by atoms with Crippen LogP contribution in [0.3, 0.4) is 0 Å². The largest absolute Gasteiger partial charge is 0.481 e. The molecule has 3 rings (SSSR count). The van der Waals surface area contributed by atoms with Gasteiger partial charge in [0.15, 0.2) is 0 Å². The second-order valence-corrected chi connectivity index (χ2v) is 12.5. The normalized spacial score (nSPS) is 37.4. The van der Waals surface area contributed by atoms with E-state index in [9.17, 15) is 14.7 Å². The first-order chi connectivity index (χ1) is 17.2.